The van der Waals surface area contributed by atoms with E-state index in [1.165, 1.54) is 12.8 Å². The highest BCUT2D eigenvalue weighted by atomic mass is 19.3. The van der Waals surface area contributed by atoms with Gasteiger partial charge in [0.05, 0.1) is 19.7 Å². The predicted octanol–water partition coefficient (Wildman–Crippen LogP) is 5.20. The van der Waals surface area contributed by atoms with Gasteiger partial charge in [-0.25, -0.2) is 13.8 Å². The van der Waals surface area contributed by atoms with Crippen molar-refractivity contribution in [2.45, 2.75) is 70.6 Å². The summed E-state index contributed by atoms with van der Waals surface area (Å²) in [6.07, 6.45) is 7.20. The van der Waals surface area contributed by atoms with Crippen LogP contribution >= 0.6 is 0 Å². The molecule has 0 bridgehead atoms. The van der Waals surface area contributed by atoms with Crippen LogP contribution in [0.2, 0.25) is 0 Å². The van der Waals surface area contributed by atoms with Crippen molar-refractivity contribution in [1.29, 1.82) is 0 Å². The van der Waals surface area contributed by atoms with Gasteiger partial charge < -0.3 is 14.2 Å². The van der Waals surface area contributed by atoms with Crippen LogP contribution in [0.1, 0.15) is 80.0 Å². The van der Waals surface area contributed by atoms with E-state index in [0.29, 0.717) is 42.1 Å². The number of aromatic nitrogens is 3. The summed E-state index contributed by atoms with van der Waals surface area (Å²) in [4.78, 5) is 23.7. The SMILES string of the molecule is Cc1nc(C(CCC(C)C(=O)c2ccc(N3CC(F)(F)C3)c(OCC3CC3)n2)CC2CC2)no1. The number of ether oxygens (including phenoxy) is 1. The molecule has 9 heteroatoms. The zero-order valence-electron chi connectivity index (χ0n) is 19.8. The lowest BCUT2D eigenvalue weighted by molar-refractivity contribution is -0.0265. The Kier molecular flexibility index (Phi) is 6.29. The van der Waals surface area contributed by atoms with Crippen LogP contribution < -0.4 is 9.64 Å². The minimum Gasteiger partial charge on any atom is -0.476 e. The largest absolute Gasteiger partial charge is 0.476 e. The van der Waals surface area contributed by atoms with Crippen LogP contribution in [0.4, 0.5) is 14.5 Å². The van der Waals surface area contributed by atoms with Gasteiger partial charge in [0.25, 0.3) is 5.92 Å². The molecule has 2 saturated carbocycles. The van der Waals surface area contributed by atoms with Crippen LogP contribution in [0.3, 0.4) is 0 Å². The first-order valence-electron chi connectivity index (χ1n) is 12.4. The number of hydrogen-bond acceptors (Lipinski definition) is 7. The van der Waals surface area contributed by atoms with Crippen LogP contribution in [-0.4, -0.2) is 46.5 Å². The van der Waals surface area contributed by atoms with Gasteiger partial charge in [0.15, 0.2) is 11.6 Å². The zero-order chi connectivity index (χ0) is 23.9. The van der Waals surface area contributed by atoms with Crippen LogP contribution in [0, 0.1) is 24.7 Å². The molecule has 2 aromatic rings. The van der Waals surface area contributed by atoms with Crippen molar-refractivity contribution in [3.8, 4) is 5.88 Å². The van der Waals surface area contributed by atoms with Crippen LogP contribution in [0.25, 0.3) is 0 Å². The van der Waals surface area contributed by atoms with Crippen LogP contribution in [0.5, 0.6) is 5.88 Å². The van der Waals surface area contributed by atoms with E-state index >= 15 is 0 Å². The number of nitrogens with zero attached hydrogens (tertiary/aromatic N) is 4. The minimum atomic E-state index is -2.69. The van der Waals surface area contributed by atoms with E-state index in [9.17, 15) is 13.6 Å². The van der Waals surface area contributed by atoms with E-state index in [4.69, 9.17) is 9.26 Å². The summed E-state index contributed by atoms with van der Waals surface area (Å²) in [7, 11) is 0. The highest BCUT2D eigenvalue weighted by Gasteiger charge is 2.45. The molecule has 0 radical (unpaired) electrons. The number of carbonyl (C=O) groups is 1. The molecule has 3 aliphatic rings. The number of anilines is 1. The third-order valence-corrected chi connectivity index (χ3v) is 7.05. The lowest BCUT2D eigenvalue weighted by Crippen LogP contribution is -2.56. The second-order valence-corrected chi connectivity index (χ2v) is 10.4. The molecular formula is C25H32F2N4O3. The molecule has 184 valence electrons. The maximum absolute atomic E-state index is 13.4. The molecule has 1 aliphatic heterocycles. The predicted molar refractivity (Wildman–Crippen MR) is 121 cm³/mol. The standard InChI is InChI=1S/C25H32F2N4O3/c1-15(3-8-19(11-17-4-5-17)23-28-16(2)34-30-23)22(32)20-9-10-21(31-13-25(26,27)14-31)24(29-20)33-12-18-6-7-18/h9-10,15,17-19H,3-8,11-14H2,1-2H3. The van der Waals surface area contributed by atoms with Gasteiger partial charge in [-0.05, 0) is 56.1 Å². The molecule has 34 heavy (non-hydrogen) atoms. The first-order chi connectivity index (χ1) is 16.3. The molecule has 0 spiro atoms. The summed E-state index contributed by atoms with van der Waals surface area (Å²) in [6, 6.07) is 3.33. The van der Waals surface area contributed by atoms with Crippen molar-refractivity contribution in [3.63, 3.8) is 0 Å². The Labute approximate surface area is 198 Å². The molecule has 2 atom stereocenters. The van der Waals surface area contributed by atoms with Gasteiger partial charge >= 0.3 is 0 Å². The number of alkyl halides is 2. The maximum Gasteiger partial charge on any atom is 0.282 e. The van der Waals surface area contributed by atoms with E-state index in [0.717, 1.165) is 31.5 Å². The Morgan fingerprint density at radius 1 is 1.18 bits per heavy atom. The monoisotopic (exact) mass is 474 g/mol. The van der Waals surface area contributed by atoms with Crippen molar-refractivity contribution in [3.05, 3.63) is 29.5 Å². The summed E-state index contributed by atoms with van der Waals surface area (Å²) >= 11 is 0. The molecule has 2 aromatic heterocycles. The van der Waals surface area contributed by atoms with Gasteiger partial charge in [0.2, 0.25) is 11.8 Å². The first-order valence-corrected chi connectivity index (χ1v) is 12.4. The first kappa shape index (κ1) is 23.2. The van der Waals surface area contributed by atoms with Crippen LogP contribution in [0.15, 0.2) is 16.7 Å². The summed E-state index contributed by atoms with van der Waals surface area (Å²) < 4.78 is 37.9. The topological polar surface area (TPSA) is 81.4 Å². The molecule has 2 aliphatic carbocycles. The molecule has 3 fully saturated rings. The summed E-state index contributed by atoms with van der Waals surface area (Å²) in [5.74, 6) is -0.0340. The van der Waals surface area contributed by atoms with E-state index in [2.05, 4.69) is 15.1 Å². The number of halogens is 2. The minimum absolute atomic E-state index is 0.0637. The van der Waals surface area contributed by atoms with Gasteiger partial charge in [-0.1, -0.05) is 24.9 Å². The third kappa shape index (κ3) is 5.55. The average molecular weight is 475 g/mol. The van der Waals surface area contributed by atoms with Gasteiger partial charge in [-0.3, -0.25) is 4.79 Å². The van der Waals surface area contributed by atoms with Crippen molar-refractivity contribution in [1.82, 2.24) is 15.1 Å². The highest BCUT2D eigenvalue weighted by Crippen LogP contribution is 2.41. The number of carbonyl (C=O) groups excluding carboxylic acids is 1. The Morgan fingerprint density at radius 2 is 1.91 bits per heavy atom. The molecule has 1 saturated heterocycles. The molecule has 0 aromatic carbocycles. The smallest absolute Gasteiger partial charge is 0.282 e. The fourth-order valence-corrected chi connectivity index (χ4v) is 4.50. The van der Waals surface area contributed by atoms with Gasteiger partial charge in [0.1, 0.15) is 11.4 Å². The Balaban J connectivity index is 1.25. The molecule has 7 nitrogen and oxygen atoms in total. The Morgan fingerprint density at radius 3 is 2.53 bits per heavy atom. The molecule has 3 heterocycles. The number of Topliss-reactive ketones (excluding diaryl/α,β-unsaturated/α-hetero) is 1. The van der Waals surface area contributed by atoms with Gasteiger partial charge in [0, 0.05) is 18.8 Å². The molecule has 5 rings (SSSR count). The van der Waals surface area contributed by atoms with Crippen LogP contribution in [-0.2, 0) is 0 Å². The van der Waals surface area contributed by atoms with E-state index in [-0.39, 0.29) is 36.6 Å². The van der Waals surface area contributed by atoms with Gasteiger partial charge in [-0.15, -0.1) is 0 Å². The Bertz CT molecular complexity index is 1030. The van der Waals surface area contributed by atoms with Crippen molar-refractivity contribution < 1.29 is 22.8 Å². The number of ketones is 1. The number of aryl methyl sites for hydroxylation is 1. The number of hydrogen-bond donors (Lipinski definition) is 0. The van der Waals surface area contributed by atoms with Crippen molar-refractivity contribution in [2.75, 3.05) is 24.6 Å². The van der Waals surface area contributed by atoms with E-state index < -0.39 is 5.92 Å². The van der Waals surface area contributed by atoms with Gasteiger partial charge in [-0.2, -0.15) is 4.98 Å². The van der Waals surface area contributed by atoms with E-state index in [1.54, 1.807) is 24.0 Å². The Hall–Kier alpha value is -2.58. The van der Waals surface area contributed by atoms with E-state index in [1.807, 2.05) is 6.92 Å². The normalized spacial score (nSPS) is 21.1. The molecular weight excluding hydrogens is 442 g/mol. The number of pyridine rings is 1. The maximum atomic E-state index is 13.4. The quantitative estimate of drug-likeness (QED) is 0.391. The summed E-state index contributed by atoms with van der Waals surface area (Å²) in [5, 5.41) is 4.12. The molecule has 0 amide bonds. The molecule has 0 N–H and O–H groups in total. The molecule has 2 unspecified atom stereocenters. The zero-order valence-corrected chi connectivity index (χ0v) is 19.8. The fourth-order valence-electron chi connectivity index (χ4n) is 4.50. The second-order valence-electron chi connectivity index (χ2n) is 10.4. The summed E-state index contributed by atoms with van der Waals surface area (Å²) in [6.45, 7) is 3.50. The van der Waals surface area contributed by atoms with Crippen molar-refractivity contribution in [2.24, 2.45) is 17.8 Å². The lowest BCUT2D eigenvalue weighted by atomic mass is 9.89. The lowest BCUT2D eigenvalue weighted by Gasteiger charge is -2.40. The highest BCUT2D eigenvalue weighted by molar-refractivity contribution is 5.96. The van der Waals surface area contributed by atoms with Crippen molar-refractivity contribution >= 4 is 11.5 Å². The number of rotatable bonds is 12. The second kappa shape index (κ2) is 9.23. The third-order valence-electron chi connectivity index (χ3n) is 7.05. The summed E-state index contributed by atoms with van der Waals surface area (Å²) in [5.41, 5.74) is 0.858. The average Bonchev–Trinajstić information content (AvgIpc) is 3.72. The fraction of sp³-hybridized carbons (Fsp3) is 0.680.